The van der Waals surface area contributed by atoms with Crippen molar-refractivity contribution in [2.75, 3.05) is 48.3 Å². The van der Waals surface area contributed by atoms with Crippen LogP contribution in [0.3, 0.4) is 0 Å². The summed E-state index contributed by atoms with van der Waals surface area (Å²) in [7, 11) is 0. The van der Waals surface area contributed by atoms with Crippen LogP contribution in [0.25, 0.3) is 0 Å². The number of aryl methyl sites for hydroxylation is 2. The highest BCUT2D eigenvalue weighted by atomic mass is 16.5. The first-order chi connectivity index (χ1) is 12.0. The lowest BCUT2D eigenvalue weighted by Gasteiger charge is -2.35. The zero-order valence-electron chi connectivity index (χ0n) is 15.0. The van der Waals surface area contributed by atoms with E-state index in [1.54, 1.807) is 13.0 Å². The summed E-state index contributed by atoms with van der Waals surface area (Å²) >= 11 is 0. The maximum atomic E-state index is 12.1. The van der Waals surface area contributed by atoms with Gasteiger partial charge >= 0.3 is 6.03 Å². The minimum absolute atomic E-state index is 0.333. The Bertz CT molecular complexity index is 735. The minimum atomic E-state index is -0.333. The third-order valence-corrected chi connectivity index (χ3v) is 4.51. The van der Waals surface area contributed by atoms with Crippen LogP contribution in [0.5, 0.6) is 0 Å². The highest BCUT2D eigenvalue weighted by molar-refractivity contribution is 5.99. The maximum Gasteiger partial charge on any atom is 0.324 e. The molecule has 1 aliphatic heterocycles. The predicted octanol–water partition coefficient (Wildman–Crippen LogP) is 3.08. The normalized spacial score (nSPS) is 15.2. The summed E-state index contributed by atoms with van der Waals surface area (Å²) in [6, 6.07) is 7.47. The van der Waals surface area contributed by atoms with Crippen molar-refractivity contribution in [3.8, 4) is 0 Å². The Kier molecular flexibility index (Phi) is 5.23. The zero-order chi connectivity index (χ0) is 17.8. The number of carbonyl (C=O) groups excluding carboxylic acids is 1. The molecule has 2 heterocycles. The van der Waals surface area contributed by atoms with E-state index in [1.165, 1.54) is 5.69 Å². The number of rotatable bonds is 4. The minimum Gasteiger partial charge on any atom is -0.369 e. The quantitative estimate of drug-likeness (QED) is 0.892. The summed E-state index contributed by atoms with van der Waals surface area (Å²) in [5.41, 5.74) is 3.02. The van der Waals surface area contributed by atoms with E-state index in [2.05, 4.69) is 44.6 Å². The molecule has 0 aliphatic carbocycles. The molecule has 2 aromatic rings. The summed E-state index contributed by atoms with van der Waals surface area (Å²) in [4.78, 5) is 16.9. The third kappa shape index (κ3) is 4.30. The van der Waals surface area contributed by atoms with Gasteiger partial charge in [0, 0.05) is 43.6 Å². The van der Waals surface area contributed by atoms with Gasteiger partial charge in [-0.15, -0.1) is 0 Å². The second kappa shape index (κ2) is 7.57. The lowest BCUT2D eigenvalue weighted by Crippen LogP contribution is -2.46. The van der Waals surface area contributed by atoms with E-state index in [9.17, 15) is 4.79 Å². The van der Waals surface area contributed by atoms with Gasteiger partial charge in [-0.1, -0.05) is 12.1 Å². The molecule has 0 radical (unpaired) electrons. The molecule has 7 nitrogen and oxygen atoms in total. The number of hydrogen-bond donors (Lipinski definition) is 2. The molecule has 1 fully saturated rings. The summed E-state index contributed by atoms with van der Waals surface area (Å²) in [6.07, 6.45) is 0. The van der Waals surface area contributed by atoms with Crippen LogP contribution in [0.1, 0.15) is 18.2 Å². The number of carbonyl (C=O) groups is 1. The summed E-state index contributed by atoms with van der Waals surface area (Å²) in [5, 5.41) is 9.26. The lowest BCUT2D eigenvalue weighted by atomic mass is 10.1. The van der Waals surface area contributed by atoms with Gasteiger partial charge in [-0.2, -0.15) is 0 Å². The summed E-state index contributed by atoms with van der Waals surface area (Å²) in [6.45, 7) is 11.3. The second-order valence-electron chi connectivity index (χ2n) is 6.32. The fraction of sp³-hybridized carbons (Fsp3) is 0.444. The molecule has 0 bridgehead atoms. The Morgan fingerprint density at radius 1 is 1.16 bits per heavy atom. The number of nitrogens with one attached hydrogen (secondary N) is 2. The van der Waals surface area contributed by atoms with Crippen molar-refractivity contribution in [3.63, 3.8) is 0 Å². The van der Waals surface area contributed by atoms with Crippen molar-refractivity contribution >= 4 is 23.2 Å². The SMILES string of the molecule is CCN1CCN(c2ccc(NC(=O)Nc3cc(C)on3)c(C)c2)CC1. The Labute approximate surface area is 148 Å². The molecule has 1 aromatic carbocycles. The van der Waals surface area contributed by atoms with E-state index >= 15 is 0 Å². The maximum absolute atomic E-state index is 12.1. The van der Waals surface area contributed by atoms with Gasteiger partial charge in [0.15, 0.2) is 5.82 Å². The molecule has 25 heavy (non-hydrogen) atoms. The highest BCUT2D eigenvalue weighted by Gasteiger charge is 2.16. The topological polar surface area (TPSA) is 73.6 Å². The first-order valence-corrected chi connectivity index (χ1v) is 8.64. The van der Waals surface area contributed by atoms with Crippen LogP contribution in [-0.2, 0) is 0 Å². The summed E-state index contributed by atoms with van der Waals surface area (Å²) in [5.74, 6) is 1.05. The lowest BCUT2D eigenvalue weighted by molar-refractivity contribution is 0.262. The van der Waals surface area contributed by atoms with Gasteiger partial charge in [-0.3, -0.25) is 5.32 Å². The van der Waals surface area contributed by atoms with E-state index < -0.39 is 0 Å². The predicted molar refractivity (Wildman–Crippen MR) is 99.4 cm³/mol. The molecular weight excluding hydrogens is 318 g/mol. The Hall–Kier alpha value is -2.54. The van der Waals surface area contributed by atoms with Crippen molar-refractivity contribution < 1.29 is 9.32 Å². The van der Waals surface area contributed by atoms with Crippen molar-refractivity contribution in [1.29, 1.82) is 0 Å². The molecule has 0 saturated carbocycles. The molecule has 1 saturated heterocycles. The van der Waals surface area contributed by atoms with Gasteiger partial charge in [-0.05, 0) is 44.2 Å². The van der Waals surface area contributed by atoms with Gasteiger partial charge in [0.1, 0.15) is 5.76 Å². The largest absolute Gasteiger partial charge is 0.369 e. The monoisotopic (exact) mass is 343 g/mol. The molecule has 3 rings (SSSR count). The average Bonchev–Trinajstić information content (AvgIpc) is 3.01. The molecule has 2 N–H and O–H groups in total. The number of hydrogen-bond acceptors (Lipinski definition) is 5. The standard InChI is InChI=1S/C18H25N5O2/c1-4-22-7-9-23(10-8-22)15-5-6-16(13(2)11-15)19-18(24)20-17-12-14(3)25-21-17/h5-6,11-12H,4,7-10H2,1-3H3,(H2,19,20,21,24). The number of likely N-dealkylation sites (N-methyl/N-ethyl adjacent to an activating group) is 1. The number of urea groups is 1. The number of anilines is 3. The van der Waals surface area contributed by atoms with Crippen LogP contribution in [0.4, 0.5) is 22.0 Å². The Balaban J connectivity index is 1.61. The molecule has 2 amide bonds. The first-order valence-electron chi connectivity index (χ1n) is 8.64. The molecule has 1 aromatic heterocycles. The molecule has 0 spiro atoms. The van der Waals surface area contributed by atoms with Crippen LogP contribution < -0.4 is 15.5 Å². The van der Waals surface area contributed by atoms with Crippen LogP contribution in [0.15, 0.2) is 28.8 Å². The number of amides is 2. The van der Waals surface area contributed by atoms with Crippen LogP contribution in [-0.4, -0.2) is 48.8 Å². The highest BCUT2D eigenvalue weighted by Crippen LogP contribution is 2.24. The van der Waals surface area contributed by atoms with Gasteiger partial charge in [-0.25, -0.2) is 4.79 Å². The smallest absolute Gasteiger partial charge is 0.324 e. The van der Waals surface area contributed by atoms with Gasteiger partial charge in [0.05, 0.1) is 0 Å². The van der Waals surface area contributed by atoms with Crippen molar-refractivity contribution in [3.05, 3.63) is 35.6 Å². The molecule has 1 aliphatic rings. The number of aromatic nitrogens is 1. The summed E-state index contributed by atoms with van der Waals surface area (Å²) < 4.78 is 4.94. The number of nitrogens with zero attached hydrogens (tertiary/aromatic N) is 3. The first kappa shape index (κ1) is 17.3. The zero-order valence-corrected chi connectivity index (χ0v) is 15.0. The van der Waals surface area contributed by atoms with Gasteiger partial charge < -0.3 is 19.6 Å². The molecule has 0 atom stereocenters. The third-order valence-electron chi connectivity index (χ3n) is 4.51. The molecule has 0 unspecified atom stereocenters. The molecular formula is C18H25N5O2. The average molecular weight is 343 g/mol. The molecule has 7 heteroatoms. The van der Waals surface area contributed by atoms with Crippen molar-refractivity contribution in [2.24, 2.45) is 0 Å². The van der Waals surface area contributed by atoms with E-state index in [1.807, 2.05) is 13.0 Å². The van der Waals surface area contributed by atoms with Crippen molar-refractivity contribution in [1.82, 2.24) is 10.1 Å². The van der Waals surface area contributed by atoms with E-state index in [0.29, 0.717) is 11.6 Å². The van der Waals surface area contributed by atoms with E-state index in [4.69, 9.17) is 4.52 Å². The van der Waals surface area contributed by atoms with Crippen LogP contribution in [0, 0.1) is 13.8 Å². The van der Waals surface area contributed by atoms with E-state index in [0.717, 1.165) is 44.0 Å². The van der Waals surface area contributed by atoms with Crippen LogP contribution in [0.2, 0.25) is 0 Å². The second-order valence-corrected chi connectivity index (χ2v) is 6.32. The van der Waals surface area contributed by atoms with Gasteiger partial charge in [0.2, 0.25) is 0 Å². The van der Waals surface area contributed by atoms with Gasteiger partial charge in [0.25, 0.3) is 0 Å². The van der Waals surface area contributed by atoms with E-state index in [-0.39, 0.29) is 6.03 Å². The fourth-order valence-corrected chi connectivity index (χ4v) is 3.00. The Morgan fingerprint density at radius 2 is 1.92 bits per heavy atom. The fourth-order valence-electron chi connectivity index (χ4n) is 3.00. The number of piperazine rings is 1. The molecule has 134 valence electrons. The van der Waals surface area contributed by atoms with Crippen molar-refractivity contribution in [2.45, 2.75) is 20.8 Å². The Morgan fingerprint density at radius 3 is 2.52 bits per heavy atom. The number of benzene rings is 1. The van der Waals surface area contributed by atoms with Crippen LogP contribution >= 0.6 is 0 Å².